The van der Waals surface area contributed by atoms with Crippen molar-refractivity contribution in [3.63, 3.8) is 0 Å². The number of benzene rings is 2. The summed E-state index contributed by atoms with van der Waals surface area (Å²) in [5.74, 6) is -0.507. The summed E-state index contributed by atoms with van der Waals surface area (Å²) in [6.07, 6.45) is 1.20. The maximum absolute atomic E-state index is 13.0. The molecular weight excluding hydrogens is 427 g/mol. The second kappa shape index (κ2) is 11.5. The number of halogens is 1. The van der Waals surface area contributed by atoms with Gasteiger partial charge in [-0.2, -0.15) is 0 Å². The Kier molecular flexibility index (Phi) is 8.51. The topological polar surface area (TPSA) is 101 Å². The number of nitrogens with one attached hydrogen (secondary N) is 1. The fourth-order valence-corrected chi connectivity index (χ4v) is 3.36. The summed E-state index contributed by atoms with van der Waals surface area (Å²) in [5.41, 5.74) is 2.09. The van der Waals surface area contributed by atoms with Crippen LogP contribution in [0, 0.1) is 5.82 Å². The second-order valence-electron chi connectivity index (χ2n) is 7.81. The van der Waals surface area contributed by atoms with Gasteiger partial charge in [0.05, 0.1) is 12.2 Å². The maximum atomic E-state index is 13.0. The Morgan fingerprint density at radius 3 is 2.27 bits per heavy atom. The molecule has 0 spiro atoms. The third-order valence-electron chi connectivity index (χ3n) is 4.87. The lowest BCUT2D eigenvalue weighted by Gasteiger charge is -2.36. The van der Waals surface area contributed by atoms with Crippen LogP contribution in [-0.4, -0.2) is 53.1 Å². The van der Waals surface area contributed by atoms with E-state index in [1.54, 1.807) is 12.1 Å². The first-order valence-electron chi connectivity index (χ1n) is 10.9. The van der Waals surface area contributed by atoms with Crippen molar-refractivity contribution >= 4 is 17.6 Å². The monoisotopic (exact) mass is 456 g/mol. The van der Waals surface area contributed by atoms with Crippen molar-refractivity contribution in [2.24, 2.45) is 0 Å². The lowest BCUT2D eigenvalue weighted by atomic mass is 10.1. The second-order valence-corrected chi connectivity index (χ2v) is 7.81. The molecule has 1 amide bonds. The minimum absolute atomic E-state index is 0.0192. The number of rotatable bonds is 5. The Morgan fingerprint density at radius 1 is 1.09 bits per heavy atom. The molecule has 9 heteroatoms. The number of aromatic nitrogens is 2. The molecule has 2 aromatic carbocycles. The zero-order chi connectivity index (χ0) is 23.8. The molecule has 0 bridgehead atoms. The van der Waals surface area contributed by atoms with Gasteiger partial charge in [0, 0.05) is 36.5 Å². The fourth-order valence-electron chi connectivity index (χ4n) is 3.36. The van der Waals surface area contributed by atoms with Crippen LogP contribution in [0.3, 0.4) is 0 Å². The van der Waals surface area contributed by atoms with E-state index in [0.717, 1.165) is 25.2 Å². The van der Waals surface area contributed by atoms with Gasteiger partial charge >= 0.3 is 6.01 Å². The minimum Gasteiger partial charge on any atom is -0.403 e. The van der Waals surface area contributed by atoms with E-state index in [9.17, 15) is 9.18 Å². The molecule has 176 valence electrons. The molecule has 3 aromatic rings. The normalized spacial score (nSPS) is 17.8. The fraction of sp³-hybridized carbons (Fsp3) is 0.375. The number of hydrogen-bond donors (Lipinski definition) is 2. The molecule has 33 heavy (non-hydrogen) atoms. The smallest absolute Gasteiger partial charge is 0.322 e. The zero-order valence-corrected chi connectivity index (χ0v) is 19.0. The molecule has 1 aliphatic rings. The van der Waals surface area contributed by atoms with E-state index in [1.165, 1.54) is 24.3 Å². The van der Waals surface area contributed by atoms with Crippen LogP contribution in [0.2, 0.25) is 0 Å². The predicted molar refractivity (Wildman–Crippen MR) is 124 cm³/mol. The quantitative estimate of drug-likeness (QED) is 0.595. The van der Waals surface area contributed by atoms with Gasteiger partial charge in [-0.05, 0) is 68.8 Å². The van der Waals surface area contributed by atoms with Crippen LogP contribution >= 0.6 is 0 Å². The third kappa shape index (κ3) is 6.84. The molecule has 2 atom stereocenters. The van der Waals surface area contributed by atoms with Crippen molar-refractivity contribution in [1.29, 1.82) is 0 Å². The van der Waals surface area contributed by atoms with Gasteiger partial charge in [-0.3, -0.25) is 10.1 Å². The molecule has 1 saturated heterocycles. The molecule has 0 radical (unpaired) electrons. The highest BCUT2D eigenvalue weighted by atomic mass is 19.1. The lowest BCUT2D eigenvalue weighted by Crippen LogP contribution is -2.45. The van der Waals surface area contributed by atoms with Crippen molar-refractivity contribution in [3.8, 4) is 11.5 Å². The molecule has 8 nitrogen and oxygen atoms in total. The molecule has 1 fully saturated rings. The number of carbonyl (C=O) groups is 1. The summed E-state index contributed by atoms with van der Waals surface area (Å²) in [6.45, 7) is 7.97. The highest BCUT2D eigenvalue weighted by molar-refractivity contribution is 6.03. The Hall–Kier alpha value is -3.30. The first kappa shape index (κ1) is 24.3. The van der Waals surface area contributed by atoms with Crippen molar-refractivity contribution in [1.82, 2.24) is 10.2 Å². The highest BCUT2D eigenvalue weighted by Gasteiger charge is 2.22. The van der Waals surface area contributed by atoms with Gasteiger partial charge in [-0.1, -0.05) is 12.0 Å². The Bertz CT molecular complexity index is 1010. The number of aliphatic hydroxyl groups is 1. The number of hydrogen-bond acceptors (Lipinski definition) is 7. The molecule has 2 N–H and O–H groups in total. The van der Waals surface area contributed by atoms with E-state index in [-0.39, 0.29) is 35.8 Å². The van der Waals surface area contributed by atoms with E-state index in [2.05, 4.69) is 34.3 Å². The standard InChI is InChI=1S/C21H21FN4O3.C3H8O/c1-13-11-26(12-14(2)28-13)18-9-5-15(6-10-18)19(27)23-21-25-24-20(29-21)16-3-7-17(22)8-4-16;1-2-3-4/h3-10,13-14H,11-12H2,1-2H3,(H,23,25,27);4H,2-3H2,1H3. The summed E-state index contributed by atoms with van der Waals surface area (Å²) in [5, 5.41) is 18.2. The summed E-state index contributed by atoms with van der Waals surface area (Å²) < 4.78 is 24.2. The Labute approximate surface area is 192 Å². The number of amides is 1. The first-order valence-corrected chi connectivity index (χ1v) is 10.9. The number of aliphatic hydroxyl groups excluding tert-OH is 1. The maximum Gasteiger partial charge on any atom is 0.322 e. The van der Waals surface area contributed by atoms with Crippen LogP contribution in [0.15, 0.2) is 52.9 Å². The summed E-state index contributed by atoms with van der Waals surface area (Å²) >= 11 is 0. The molecule has 0 saturated carbocycles. The number of carbonyl (C=O) groups excluding carboxylic acids is 1. The third-order valence-corrected chi connectivity index (χ3v) is 4.87. The first-order chi connectivity index (χ1) is 15.9. The number of ether oxygens (including phenoxy) is 1. The van der Waals surface area contributed by atoms with Crippen molar-refractivity contribution in [3.05, 3.63) is 59.9 Å². The average molecular weight is 457 g/mol. The van der Waals surface area contributed by atoms with Crippen molar-refractivity contribution in [2.45, 2.75) is 39.4 Å². The van der Waals surface area contributed by atoms with E-state index < -0.39 is 0 Å². The lowest BCUT2D eigenvalue weighted by molar-refractivity contribution is -0.00522. The van der Waals surface area contributed by atoms with Crippen LogP contribution in [0.1, 0.15) is 37.6 Å². The molecular formula is C24H29FN4O4. The largest absolute Gasteiger partial charge is 0.403 e. The van der Waals surface area contributed by atoms with Crippen molar-refractivity contribution in [2.75, 3.05) is 29.9 Å². The molecule has 2 heterocycles. The van der Waals surface area contributed by atoms with Gasteiger partial charge in [0.25, 0.3) is 5.91 Å². The average Bonchev–Trinajstić information content (AvgIpc) is 3.27. The molecule has 4 rings (SSSR count). The van der Waals surface area contributed by atoms with E-state index in [0.29, 0.717) is 17.7 Å². The van der Waals surface area contributed by atoms with E-state index in [4.69, 9.17) is 14.3 Å². The van der Waals surface area contributed by atoms with Gasteiger partial charge in [-0.25, -0.2) is 4.39 Å². The molecule has 1 aliphatic heterocycles. The Balaban J connectivity index is 0.000000709. The van der Waals surface area contributed by atoms with Gasteiger partial charge in [0.15, 0.2) is 0 Å². The van der Waals surface area contributed by atoms with Crippen LogP contribution in [0.5, 0.6) is 0 Å². The van der Waals surface area contributed by atoms with Crippen LogP contribution in [-0.2, 0) is 4.74 Å². The summed E-state index contributed by atoms with van der Waals surface area (Å²) in [4.78, 5) is 14.7. The minimum atomic E-state index is -0.355. The van der Waals surface area contributed by atoms with Gasteiger partial charge < -0.3 is 19.2 Å². The van der Waals surface area contributed by atoms with E-state index in [1.807, 2.05) is 19.1 Å². The van der Waals surface area contributed by atoms with Crippen LogP contribution < -0.4 is 10.2 Å². The highest BCUT2D eigenvalue weighted by Crippen LogP contribution is 2.22. The number of nitrogens with zero attached hydrogens (tertiary/aromatic N) is 3. The molecule has 2 unspecified atom stereocenters. The molecule has 1 aromatic heterocycles. The zero-order valence-electron chi connectivity index (χ0n) is 19.0. The SMILES string of the molecule is CC1CN(c2ccc(C(=O)Nc3nnc(-c4ccc(F)cc4)o3)cc2)CC(C)O1.CCCO. The Morgan fingerprint density at radius 2 is 1.70 bits per heavy atom. The number of anilines is 2. The number of morpholine rings is 1. The van der Waals surface area contributed by atoms with Crippen LogP contribution in [0.25, 0.3) is 11.5 Å². The summed E-state index contributed by atoms with van der Waals surface area (Å²) in [7, 11) is 0. The molecule has 0 aliphatic carbocycles. The van der Waals surface area contributed by atoms with Crippen LogP contribution in [0.4, 0.5) is 16.1 Å². The summed E-state index contributed by atoms with van der Waals surface area (Å²) in [6, 6.07) is 13.0. The van der Waals surface area contributed by atoms with Crippen molar-refractivity contribution < 1.29 is 23.4 Å². The van der Waals surface area contributed by atoms with Gasteiger partial charge in [-0.15, -0.1) is 5.10 Å². The van der Waals surface area contributed by atoms with Gasteiger partial charge in [0.2, 0.25) is 5.89 Å². The predicted octanol–water partition coefficient (Wildman–Crippen LogP) is 4.13. The van der Waals surface area contributed by atoms with E-state index >= 15 is 0 Å². The van der Waals surface area contributed by atoms with Gasteiger partial charge in [0.1, 0.15) is 5.82 Å².